The third kappa shape index (κ3) is 2.77. The standard InChI is InChI=1S/C14H14N2O3/c1-18-12-4-2-3-5-13(12)19-11-7-6-9(15)8-10(11)14(16)17/h2-8H,15H2,1H3,(H2,16,17). The summed E-state index contributed by atoms with van der Waals surface area (Å²) in [4.78, 5) is 11.4. The van der Waals surface area contributed by atoms with Gasteiger partial charge in [0.25, 0.3) is 5.91 Å². The van der Waals surface area contributed by atoms with E-state index in [-0.39, 0.29) is 5.56 Å². The maximum atomic E-state index is 11.4. The molecular weight excluding hydrogens is 244 g/mol. The third-order valence-corrected chi connectivity index (χ3v) is 2.56. The van der Waals surface area contributed by atoms with Gasteiger partial charge in [0.2, 0.25) is 0 Å². The molecule has 1 amide bonds. The van der Waals surface area contributed by atoms with Crippen LogP contribution in [0.2, 0.25) is 0 Å². The molecule has 19 heavy (non-hydrogen) atoms. The molecule has 5 nitrogen and oxygen atoms in total. The van der Waals surface area contributed by atoms with Crippen LogP contribution in [-0.2, 0) is 0 Å². The van der Waals surface area contributed by atoms with Crippen LogP contribution in [0.15, 0.2) is 42.5 Å². The number of para-hydroxylation sites is 2. The second-order valence-electron chi connectivity index (χ2n) is 3.87. The van der Waals surface area contributed by atoms with E-state index >= 15 is 0 Å². The van der Waals surface area contributed by atoms with Crippen LogP contribution < -0.4 is 20.9 Å². The number of anilines is 1. The topological polar surface area (TPSA) is 87.6 Å². The highest BCUT2D eigenvalue weighted by Crippen LogP contribution is 2.33. The first kappa shape index (κ1) is 12.8. The summed E-state index contributed by atoms with van der Waals surface area (Å²) in [6.45, 7) is 0. The molecule has 2 aromatic carbocycles. The van der Waals surface area contributed by atoms with Gasteiger partial charge in [0, 0.05) is 5.69 Å². The van der Waals surface area contributed by atoms with Crippen LogP contribution in [0.1, 0.15) is 10.4 Å². The zero-order chi connectivity index (χ0) is 13.8. The van der Waals surface area contributed by atoms with Crippen molar-refractivity contribution in [3.63, 3.8) is 0 Å². The van der Waals surface area contributed by atoms with Crippen LogP contribution in [0, 0.1) is 0 Å². The Balaban J connectivity index is 2.41. The summed E-state index contributed by atoms with van der Waals surface area (Å²) in [7, 11) is 1.54. The molecular formula is C14H14N2O3. The number of methoxy groups -OCH3 is 1. The van der Waals surface area contributed by atoms with E-state index in [1.165, 1.54) is 6.07 Å². The Morgan fingerprint density at radius 3 is 2.37 bits per heavy atom. The van der Waals surface area contributed by atoms with Gasteiger partial charge in [0.05, 0.1) is 12.7 Å². The van der Waals surface area contributed by atoms with Crippen molar-refractivity contribution in [3.05, 3.63) is 48.0 Å². The fourth-order valence-corrected chi connectivity index (χ4v) is 1.65. The van der Waals surface area contributed by atoms with E-state index in [1.54, 1.807) is 37.4 Å². The van der Waals surface area contributed by atoms with E-state index in [0.29, 0.717) is 22.9 Å². The number of hydrogen-bond donors (Lipinski definition) is 2. The molecule has 0 aliphatic heterocycles. The van der Waals surface area contributed by atoms with Gasteiger partial charge in [-0.05, 0) is 30.3 Å². The number of primary amides is 1. The minimum absolute atomic E-state index is 0.228. The first-order valence-corrected chi connectivity index (χ1v) is 5.62. The molecule has 0 saturated heterocycles. The summed E-state index contributed by atoms with van der Waals surface area (Å²) < 4.78 is 10.8. The molecule has 0 aliphatic carbocycles. The third-order valence-electron chi connectivity index (χ3n) is 2.56. The van der Waals surface area contributed by atoms with Gasteiger partial charge in [-0.15, -0.1) is 0 Å². The average Bonchev–Trinajstić information content (AvgIpc) is 2.41. The summed E-state index contributed by atoms with van der Waals surface area (Å²) in [5.41, 5.74) is 11.6. The number of nitrogen functional groups attached to an aromatic ring is 1. The van der Waals surface area contributed by atoms with Crippen molar-refractivity contribution in [1.82, 2.24) is 0 Å². The van der Waals surface area contributed by atoms with E-state index in [9.17, 15) is 4.79 Å². The fourth-order valence-electron chi connectivity index (χ4n) is 1.65. The highest BCUT2D eigenvalue weighted by atomic mass is 16.5. The highest BCUT2D eigenvalue weighted by molar-refractivity contribution is 5.96. The summed E-state index contributed by atoms with van der Waals surface area (Å²) in [6.07, 6.45) is 0. The van der Waals surface area contributed by atoms with Crippen molar-refractivity contribution >= 4 is 11.6 Å². The lowest BCUT2D eigenvalue weighted by Crippen LogP contribution is -2.12. The molecule has 4 N–H and O–H groups in total. The van der Waals surface area contributed by atoms with E-state index in [2.05, 4.69) is 0 Å². The van der Waals surface area contributed by atoms with Crippen molar-refractivity contribution in [2.45, 2.75) is 0 Å². The van der Waals surface area contributed by atoms with Crippen molar-refractivity contribution in [2.24, 2.45) is 5.73 Å². The molecule has 98 valence electrons. The molecule has 0 radical (unpaired) electrons. The summed E-state index contributed by atoms with van der Waals surface area (Å²) in [6, 6.07) is 11.8. The maximum absolute atomic E-state index is 11.4. The van der Waals surface area contributed by atoms with Gasteiger partial charge in [0.15, 0.2) is 11.5 Å². The largest absolute Gasteiger partial charge is 0.493 e. The first-order chi connectivity index (χ1) is 9.11. The Bertz CT molecular complexity index is 611. The quantitative estimate of drug-likeness (QED) is 0.823. The number of nitrogens with two attached hydrogens (primary N) is 2. The Labute approximate surface area is 110 Å². The first-order valence-electron chi connectivity index (χ1n) is 5.62. The molecule has 2 aromatic rings. The molecule has 0 bridgehead atoms. The van der Waals surface area contributed by atoms with E-state index in [0.717, 1.165) is 0 Å². The van der Waals surface area contributed by atoms with E-state index in [4.69, 9.17) is 20.9 Å². The lowest BCUT2D eigenvalue weighted by molar-refractivity contribution is 0.0998. The van der Waals surface area contributed by atoms with Gasteiger partial charge < -0.3 is 20.9 Å². The monoisotopic (exact) mass is 258 g/mol. The number of rotatable bonds is 4. The summed E-state index contributed by atoms with van der Waals surface area (Å²) in [5, 5.41) is 0. The van der Waals surface area contributed by atoms with Crippen molar-refractivity contribution in [2.75, 3.05) is 12.8 Å². The molecule has 0 heterocycles. The lowest BCUT2D eigenvalue weighted by Gasteiger charge is -2.12. The molecule has 0 aromatic heterocycles. The average molecular weight is 258 g/mol. The fraction of sp³-hybridized carbons (Fsp3) is 0.0714. The Morgan fingerprint density at radius 2 is 1.74 bits per heavy atom. The molecule has 0 aliphatic rings. The molecule has 2 rings (SSSR count). The van der Waals surface area contributed by atoms with Crippen LogP contribution in [0.3, 0.4) is 0 Å². The smallest absolute Gasteiger partial charge is 0.252 e. The van der Waals surface area contributed by atoms with Gasteiger partial charge in [-0.1, -0.05) is 12.1 Å². The predicted octanol–water partition coefficient (Wildman–Crippen LogP) is 2.17. The predicted molar refractivity (Wildman–Crippen MR) is 72.4 cm³/mol. The zero-order valence-electron chi connectivity index (χ0n) is 10.4. The van der Waals surface area contributed by atoms with Gasteiger partial charge in [0.1, 0.15) is 5.75 Å². The highest BCUT2D eigenvalue weighted by Gasteiger charge is 2.12. The van der Waals surface area contributed by atoms with Crippen LogP contribution in [0.5, 0.6) is 17.2 Å². The minimum atomic E-state index is -0.600. The second-order valence-corrected chi connectivity index (χ2v) is 3.87. The van der Waals surface area contributed by atoms with Gasteiger partial charge in [-0.2, -0.15) is 0 Å². The van der Waals surface area contributed by atoms with Gasteiger partial charge >= 0.3 is 0 Å². The second kappa shape index (κ2) is 5.30. The zero-order valence-corrected chi connectivity index (χ0v) is 10.4. The lowest BCUT2D eigenvalue weighted by atomic mass is 10.1. The van der Waals surface area contributed by atoms with Crippen molar-refractivity contribution < 1.29 is 14.3 Å². The molecule has 5 heteroatoms. The van der Waals surface area contributed by atoms with E-state index < -0.39 is 5.91 Å². The number of hydrogen-bond acceptors (Lipinski definition) is 4. The SMILES string of the molecule is COc1ccccc1Oc1ccc(N)cc1C(N)=O. The van der Waals surface area contributed by atoms with Crippen LogP contribution in [0.25, 0.3) is 0 Å². The van der Waals surface area contributed by atoms with Crippen molar-refractivity contribution in [1.29, 1.82) is 0 Å². The number of benzene rings is 2. The van der Waals surface area contributed by atoms with E-state index in [1.807, 2.05) is 6.07 Å². The molecule has 0 atom stereocenters. The Morgan fingerprint density at radius 1 is 1.05 bits per heavy atom. The number of ether oxygens (including phenoxy) is 2. The van der Waals surface area contributed by atoms with Crippen molar-refractivity contribution in [3.8, 4) is 17.2 Å². The molecule has 0 unspecified atom stereocenters. The number of carbonyl (C=O) groups excluding carboxylic acids is 1. The van der Waals surface area contributed by atoms with Gasteiger partial charge in [-0.3, -0.25) is 4.79 Å². The van der Waals surface area contributed by atoms with Crippen LogP contribution in [-0.4, -0.2) is 13.0 Å². The molecule has 0 spiro atoms. The Kier molecular flexibility index (Phi) is 3.56. The summed E-state index contributed by atoms with van der Waals surface area (Å²) >= 11 is 0. The van der Waals surface area contributed by atoms with Gasteiger partial charge in [-0.25, -0.2) is 0 Å². The molecule has 0 fully saturated rings. The maximum Gasteiger partial charge on any atom is 0.252 e. The molecule has 0 saturated carbocycles. The number of carbonyl (C=O) groups is 1. The Hall–Kier alpha value is -2.69. The van der Waals surface area contributed by atoms with Crippen LogP contribution in [0.4, 0.5) is 5.69 Å². The minimum Gasteiger partial charge on any atom is -0.493 e. The summed E-state index contributed by atoms with van der Waals surface area (Å²) in [5.74, 6) is 0.801. The normalized spacial score (nSPS) is 9.95. The van der Waals surface area contributed by atoms with Crippen LogP contribution >= 0.6 is 0 Å². The number of amides is 1.